The Labute approximate surface area is 173 Å². The van der Waals surface area contributed by atoms with Crippen LogP contribution in [0.3, 0.4) is 0 Å². The van der Waals surface area contributed by atoms with Crippen LogP contribution in [0.5, 0.6) is 0 Å². The fraction of sp³-hybridized carbons (Fsp3) is 0.500. The molecule has 5 heteroatoms. The summed E-state index contributed by atoms with van der Waals surface area (Å²) in [7, 11) is 0. The molecule has 1 spiro atoms. The van der Waals surface area contributed by atoms with Gasteiger partial charge in [0.05, 0.1) is 0 Å². The van der Waals surface area contributed by atoms with Crippen LogP contribution < -0.4 is 10.2 Å². The molecule has 2 saturated heterocycles. The molecule has 0 amide bonds. The van der Waals surface area contributed by atoms with Crippen molar-refractivity contribution in [2.75, 3.05) is 31.1 Å². The van der Waals surface area contributed by atoms with Crippen molar-refractivity contribution >= 4 is 11.5 Å². The molecule has 3 aromatic rings. The number of pyridine rings is 2. The van der Waals surface area contributed by atoms with Crippen molar-refractivity contribution in [2.45, 2.75) is 46.0 Å². The maximum atomic E-state index is 4.97. The lowest BCUT2D eigenvalue weighted by molar-refractivity contribution is 0.154. The summed E-state index contributed by atoms with van der Waals surface area (Å²) in [5, 5.41) is 3.52. The quantitative estimate of drug-likeness (QED) is 0.728. The first kappa shape index (κ1) is 18.6. The van der Waals surface area contributed by atoms with Gasteiger partial charge in [-0.3, -0.25) is 0 Å². The third-order valence-electron chi connectivity index (χ3n) is 7.12. The van der Waals surface area contributed by atoms with Crippen LogP contribution in [0.15, 0.2) is 36.9 Å². The lowest BCUT2D eigenvalue weighted by Crippen LogP contribution is -2.46. The first-order valence-electron chi connectivity index (χ1n) is 11.1. The van der Waals surface area contributed by atoms with Crippen LogP contribution in [0.4, 0.5) is 5.82 Å². The second-order valence-electron chi connectivity index (χ2n) is 8.87. The number of nitrogens with zero attached hydrogens (tertiary/aromatic N) is 4. The van der Waals surface area contributed by atoms with E-state index in [1.807, 2.05) is 12.4 Å². The minimum absolute atomic E-state index is 0.575. The van der Waals surface area contributed by atoms with Crippen LogP contribution in [0, 0.1) is 12.3 Å². The smallest absolute Gasteiger partial charge is 0.139 e. The van der Waals surface area contributed by atoms with E-state index in [0.29, 0.717) is 5.41 Å². The molecular formula is C24H31N5. The Morgan fingerprint density at radius 1 is 1.03 bits per heavy atom. The average Bonchev–Trinajstić information content (AvgIpc) is 3.24. The van der Waals surface area contributed by atoms with Crippen molar-refractivity contribution in [3.05, 3.63) is 48.0 Å². The van der Waals surface area contributed by atoms with Crippen molar-refractivity contribution in [1.82, 2.24) is 19.7 Å². The number of imidazole rings is 1. The van der Waals surface area contributed by atoms with E-state index >= 15 is 0 Å². The fourth-order valence-electron chi connectivity index (χ4n) is 5.22. The molecule has 0 aromatic carbocycles. The van der Waals surface area contributed by atoms with E-state index in [2.05, 4.69) is 58.0 Å². The van der Waals surface area contributed by atoms with E-state index in [1.54, 1.807) is 0 Å². The molecule has 0 radical (unpaired) electrons. The largest absolute Gasteiger partial charge is 0.356 e. The van der Waals surface area contributed by atoms with E-state index in [0.717, 1.165) is 25.2 Å². The Morgan fingerprint density at radius 2 is 1.83 bits per heavy atom. The summed E-state index contributed by atoms with van der Waals surface area (Å²) in [6.45, 7) is 9.02. The van der Waals surface area contributed by atoms with E-state index in [9.17, 15) is 0 Å². The van der Waals surface area contributed by atoms with E-state index in [4.69, 9.17) is 4.98 Å². The van der Waals surface area contributed by atoms with Crippen molar-refractivity contribution in [3.8, 4) is 11.1 Å². The lowest BCUT2D eigenvalue weighted by Gasteiger charge is -2.45. The number of hydrogen-bond acceptors (Lipinski definition) is 4. The normalized spacial score (nSPS) is 19.2. The van der Waals surface area contributed by atoms with Crippen LogP contribution in [0.25, 0.3) is 16.8 Å². The number of hydrogen-bond donors (Lipinski definition) is 1. The summed E-state index contributed by atoms with van der Waals surface area (Å²) in [6, 6.07) is 4.56. The van der Waals surface area contributed by atoms with Gasteiger partial charge in [0.1, 0.15) is 11.5 Å². The molecule has 5 nitrogen and oxygen atoms in total. The molecule has 0 bridgehead atoms. The predicted octanol–water partition coefficient (Wildman–Crippen LogP) is 4.24. The number of aryl methyl sites for hydroxylation is 2. The zero-order valence-electron chi connectivity index (χ0n) is 17.6. The third-order valence-corrected chi connectivity index (χ3v) is 7.12. The van der Waals surface area contributed by atoms with Gasteiger partial charge in [0.25, 0.3) is 0 Å². The number of aromatic nitrogens is 3. The molecule has 2 fully saturated rings. The molecule has 2 aliphatic heterocycles. The van der Waals surface area contributed by atoms with E-state index < -0.39 is 0 Å². The van der Waals surface area contributed by atoms with Gasteiger partial charge in [-0.15, -0.1) is 0 Å². The van der Waals surface area contributed by atoms with Gasteiger partial charge >= 0.3 is 0 Å². The fourth-order valence-corrected chi connectivity index (χ4v) is 5.22. The molecule has 1 N–H and O–H groups in total. The maximum absolute atomic E-state index is 4.97. The van der Waals surface area contributed by atoms with Gasteiger partial charge < -0.3 is 14.6 Å². The average molecular weight is 390 g/mol. The van der Waals surface area contributed by atoms with E-state index in [1.165, 1.54) is 66.8 Å². The third kappa shape index (κ3) is 3.42. The van der Waals surface area contributed by atoms with Gasteiger partial charge in [0.2, 0.25) is 0 Å². The first-order chi connectivity index (χ1) is 14.2. The molecule has 0 saturated carbocycles. The Balaban J connectivity index is 1.41. The second-order valence-corrected chi connectivity index (χ2v) is 8.87. The summed E-state index contributed by atoms with van der Waals surface area (Å²) < 4.78 is 2.10. The molecule has 0 atom stereocenters. The van der Waals surface area contributed by atoms with Crippen LogP contribution in [0.2, 0.25) is 0 Å². The highest BCUT2D eigenvalue weighted by Crippen LogP contribution is 2.41. The maximum Gasteiger partial charge on any atom is 0.139 e. The second kappa shape index (κ2) is 7.45. The number of nitrogens with one attached hydrogen (secondary N) is 1. The van der Waals surface area contributed by atoms with E-state index in [-0.39, 0.29) is 0 Å². The highest BCUT2D eigenvalue weighted by atomic mass is 15.2. The molecule has 29 heavy (non-hydrogen) atoms. The van der Waals surface area contributed by atoms with Gasteiger partial charge in [0, 0.05) is 49.0 Å². The number of rotatable bonds is 3. The molecule has 5 rings (SSSR count). The Morgan fingerprint density at radius 3 is 2.59 bits per heavy atom. The highest BCUT2D eigenvalue weighted by molar-refractivity contribution is 5.69. The van der Waals surface area contributed by atoms with Crippen LogP contribution in [-0.4, -0.2) is 40.5 Å². The molecule has 0 unspecified atom stereocenters. The van der Waals surface area contributed by atoms with Crippen molar-refractivity contribution in [3.63, 3.8) is 0 Å². The molecule has 2 aliphatic rings. The van der Waals surface area contributed by atoms with Crippen molar-refractivity contribution in [2.24, 2.45) is 5.41 Å². The standard InChI is InChI=1S/C24H31N5/c1-3-19-15-20(21-14-18(2)22-26-10-13-29(22)17-21)16-27-23(19)28-11-6-24(7-12-28)4-8-25-9-5-24/h10,13-17,25H,3-9,11-12H2,1-2H3. The number of piperidine rings is 2. The Kier molecular flexibility index (Phi) is 4.78. The SMILES string of the molecule is CCc1cc(-c2cc(C)c3nccn3c2)cnc1N1CCC2(CCNCC2)CC1. The summed E-state index contributed by atoms with van der Waals surface area (Å²) in [4.78, 5) is 11.9. The summed E-state index contributed by atoms with van der Waals surface area (Å²) >= 11 is 0. The van der Waals surface area contributed by atoms with Crippen LogP contribution in [-0.2, 0) is 6.42 Å². The Hall–Kier alpha value is -2.40. The topological polar surface area (TPSA) is 45.5 Å². The monoisotopic (exact) mass is 389 g/mol. The van der Waals surface area contributed by atoms with Crippen LogP contribution in [0.1, 0.15) is 43.7 Å². The highest BCUT2D eigenvalue weighted by Gasteiger charge is 2.36. The minimum atomic E-state index is 0.575. The van der Waals surface area contributed by atoms with Crippen LogP contribution >= 0.6 is 0 Å². The first-order valence-corrected chi connectivity index (χ1v) is 11.1. The molecule has 5 heterocycles. The van der Waals surface area contributed by atoms with Crippen molar-refractivity contribution < 1.29 is 0 Å². The summed E-state index contributed by atoms with van der Waals surface area (Å²) in [5.41, 5.74) is 6.54. The minimum Gasteiger partial charge on any atom is -0.356 e. The van der Waals surface area contributed by atoms with Gasteiger partial charge in [-0.05, 0) is 80.8 Å². The molecule has 3 aromatic heterocycles. The number of fused-ring (bicyclic) bond motifs is 1. The van der Waals surface area contributed by atoms with Crippen molar-refractivity contribution in [1.29, 1.82) is 0 Å². The van der Waals surface area contributed by atoms with Gasteiger partial charge in [0.15, 0.2) is 0 Å². The Bertz CT molecular complexity index is 1010. The summed E-state index contributed by atoms with van der Waals surface area (Å²) in [6.07, 6.45) is 14.4. The molecule has 0 aliphatic carbocycles. The zero-order chi connectivity index (χ0) is 19.8. The molecular weight excluding hydrogens is 358 g/mol. The predicted molar refractivity (Wildman–Crippen MR) is 119 cm³/mol. The summed E-state index contributed by atoms with van der Waals surface area (Å²) in [5.74, 6) is 1.19. The van der Waals surface area contributed by atoms with Gasteiger partial charge in [-0.2, -0.15) is 0 Å². The van der Waals surface area contributed by atoms with Gasteiger partial charge in [-0.1, -0.05) is 6.92 Å². The zero-order valence-corrected chi connectivity index (χ0v) is 17.6. The lowest BCUT2D eigenvalue weighted by atomic mass is 9.71. The van der Waals surface area contributed by atoms with Gasteiger partial charge in [-0.25, -0.2) is 9.97 Å². The number of anilines is 1. The molecule has 152 valence electrons.